The Bertz CT molecular complexity index is 1330. The fourth-order valence-corrected chi connectivity index (χ4v) is 4.26. The molecular formula is C27H29NO8. The fraction of sp³-hybridized carbons (Fsp3) is 0.333. The normalized spacial score (nSPS) is 23.6. The summed E-state index contributed by atoms with van der Waals surface area (Å²) in [6.07, 6.45) is -1.56. The number of ether oxygens (including phenoxy) is 3. The third-order valence-electron chi connectivity index (χ3n) is 6.13. The zero-order valence-electron chi connectivity index (χ0n) is 20.4. The average molecular weight is 496 g/mol. The first-order chi connectivity index (χ1) is 17.1. The van der Waals surface area contributed by atoms with Gasteiger partial charge in [-0.2, -0.15) is 0 Å². The van der Waals surface area contributed by atoms with Crippen molar-refractivity contribution in [1.82, 2.24) is 0 Å². The molecule has 0 spiro atoms. The molecule has 4 atom stereocenters. The number of amides is 1. The number of aliphatic hydroxyl groups is 2. The first kappa shape index (κ1) is 25.6. The summed E-state index contributed by atoms with van der Waals surface area (Å²) in [4.78, 5) is 24.9. The third kappa shape index (κ3) is 5.19. The predicted molar refractivity (Wildman–Crippen MR) is 134 cm³/mol. The number of carbonyl (C=O) groups excluding carboxylic acids is 1. The lowest BCUT2D eigenvalue weighted by molar-refractivity contribution is -0.306. The maximum Gasteiger partial charge on any atom is 0.360 e. The Morgan fingerprint density at radius 2 is 1.83 bits per heavy atom. The number of hydrogen-bond acceptors (Lipinski definition) is 8. The van der Waals surface area contributed by atoms with E-state index in [0.29, 0.717) is 16.7 Å². The minimum atomic E-state index is -1.37. The minimum Gasteiger partial charge on any atom is -0.462 e. The monoisotopic (exact) mass is 495 g/mol. The summed E-state index contributed by atoms with van der Waals surface area (Å²) >= 11 is 0. The summed E-state index contributed by atoms with van der Waals surface area (Å²) in [6, 6.07) is 14.1. The molecule has 4 rings (SSSR count). The SMILES string of the molecule is CO[C@@H]1[C@@H](O)[C@@H](O)[C@H](Oc2ccc3cc(NC(=O)C=Cc4ccccc4)c(=O)oc3c2C)OC1(C)C. The van der Waals surface area contributed by atoms with E-state index in [-0.39, 0.29) is 11.3 Å². The van der Waals surface area contributed by atoms with Crippen LogP contribution < -0.4 is 15.7 Å². The number of aryl methyl sites for hydroxylation is 1. The molecule has 1 aromatic heterocycles. The molecule has 1 saturated heterocycles. The van der Waals surface area contributed by atoms with E-state index in [2.05, 4.69) is 5.32 Å². The molecular weight excluding hydrogens is 466 g/mol. The highest BCUT2D eigenvalue weighted by Gasteiger charge is 2.50. The van der Waals surface area contributed by atoms with Gasteiger partial charge in [0.15, 0.2) is 0 Å². The molecule has 0 saturated carbocycles. The van der Waals surface area contributed by atoms with E-state index < -0.39 is 41.7 Å². The van der Waals surface area contributed by atoms with Crippen molar-refractivity contribution in [2.75, 3.05) is 12.4 Å². The van der Waals surface area contributed by atoms with Crippen LogP contribution in [0.1, 0.15) is 25.0 Å². The van der Waals surface area contributed by atoms with Crippen LogP contribution in [-0.4, -0.2) is 53.4 Å². The Labute approximate surface area is 207 Å². The Kier molecular flexibility index (Phi) is 7.28. The number of aliphatic hydroxyl groups excluding tert-OH is 2. The highest BCUT2D eigenvalue weighted by molar-refractivity contribution is 6.02. The highest BCUT2D eigenvalue weighted by Crippen LogP contribution is 2.35. The molecule has 0 aliphatic carbocycles. The Hall–Kier alpha value is -3.50. The first-order valence-corrected chi connectivity index (χ1v) is 11.5. The van der Waals surface area contributed by atoms with Gasteiger partial charge < -0.3 is 34.2 Å². The first-order valence-electron chi connectivity index (χ1n) is 11.5. The summed E-state index contributed by atoms with van der Waals surface area (Å²) < 4.78 is 22.5. The van der Waals surface area contributed by atoms with Crippen molar-refractivity contribution >= 4 is 28.6 Å². The number of nitrogens with one attached hydrogen (secondary N) is 1. The lowest BCUT2D eigenvalue weighted by Crippen LogP contribution is -2.63. The molecule has 1 aliphatic heterocycles. The topological polar surface area (TPSA) is 127 Å². The molecule has 9 heteroatoms. The standard InChI is InChI=1S/C27H29NO8/c1-15-19(34-26-22(31)21(30)24(33-4)27(2,3)36-26)12-11-17-14-18(25(32)35-23(15)17)28-20(29)13-10-16-8-6-5-7-9-16/h5-14,21-22,24,26,30-31H,1-4H3,(H,28,29)/t21-,22+,24+,26+/m0/s1. The van der Waals surface area contributed by atoms with Gasteiger partial charge in [0.1, 0.15) is 35.3 Å². The van der Waals surface area contributed by atoms with Crippen LogP contribution in [-0.2, 0) is 14.3 Å². The van der Waals surface area contributed by atoms with Gasteiger partial charge in [0.25, 0.3) is 0 Å². The molecule has 0 radical (unpaired) electrons. The number of methoxy groups -OCH3 is 1. The second-order valence-electron chi connectivity index (χ2n) is 9.13. The molecule has 190 valence electrons. The van der Waals surface area contributed by atoms with Gasteiger partial charge in [-0.15, -0.1) is 0 Å². The molecule has 3 aromatic rings. The smallest absolute Gasteiger partial charge is 0.360 e. The van der Waals surface area contributed by atoms with Crippen LogP contribution in [0.3, 0.4) is 0 Å². The van der Waals surface area contributed by atoms with Crippen LogP contribution in [0.2, 0.25) is 0 Å². The van der Waals surface area contributed by atoms with Gasteiger partial charge in [-0.3, -0.25) is 4.79 Å². The summed E-state index contributed by atoms with van der Waals surface area (Å²) in [7, 11) is 1.43. The number of anilines is 1. The Morgan fingerprint density at radius 3 is 2.53 bits per heavy atom. The molecule has 1 fully saturated rings. The van der Waals surface area contributed by atoms with Gasteiger partial charge in [0.2, 0.25) is 12.2 Å². The van der Waals surface area contributed by atoms with Crippen LogP contribution in [0, 0.1) is 6.92 Å². The van der Waals surface area contributed by atoms with Crippen LogP contribution >= 0.6 is 0 Å². The zero-order valence-corrected chi connectivity index (χ0v) is 20.4. The number of fused-ring (bicyclic) bond motifs is 1. The van der Waals surface area contributed by atoms with E-state index in [9.17, 15) is 19.8 Å². The van der Waals surface area contributed by atoms with Crippen molar-refractivity contribution < 1.29 is 33.6 Å². The second-order valence-corrected chi connectivity index (χ2v) is 9.13. The third-order valence-corrected chi connectivity index (χ3v) is 6.13. The fourth-order valence-electron chi connectivity index (χ4n) is 4.26. The summed E-state index contributed by atoms with van der Waals surface area (Å²) in [5.41, 5.74) is -0.0598. The zero-order chi connectivity index (χ0) is 26.0. The van der Waals surface area contributed by atoms with E-state index in [1.165, 1.54) is 19.3 Å². The van der Waals surface area contributed by atoms with E-state index in [1.54, 1.807) is 39.0 Å². The van der Waals surface area contributed by atoms with Gasteiger partial charge in [0, 0.05) is 24.1 Å². The van der Waals surface area contributed by atoms with Crippen molar-refractivity contribution in [1.29, 1.82) is 0 Å². The van der Waals surface area contributed by atoms with E-state index in [0.717, 1.165) is 5.56 Å². The lowest BCUT2D eigenvalue weighted by atomic mass is 9.89. The quantitative estimate of drug-likeness (QED) is 0.352. The largest absolute Gasteiger partial charge is 0.462 e. The van der Waals surface area contributed by atoms with E-state index in [1.807, 2.05) is 30.3 Å². The van der Waals surface area contributed by atoms with Gasteiger partial charge in [-0.1, -0.05) is 30.3 Å². The highest BCUT2D eigenvalue weighted by atomic mass is 16.7. The predicted octanol–water partition coefficient (Wildman–Crippen LogP) is 3.00. The van der Waals surface area contributed by atoms with Crippen LogP contribution in [0.4, 0.5) is 5.69 Å². The summed E-state index contributed by atoms with van der Waals surface area (Å²) in [5, 5.41) is 24.1. The van der Waals surface area contributed by atoms with Crippen molar-refractivity contribution in [3.63, 3.8) is 0 Å². The Morgan fingerprint density at radius 1 is 1.11 bits per heavy atom. The molecule has 3 N–H and O–H groups in total. The van der Waals surface area contributed by atoms with Gasteiger partial charge >= 0.3 is 5.63 Å². The summed E-state index contributed by atoms with van der Waals surface area (Å²) in [6.45, 7) is 5.14. The van der Waals surface area contributed by atoms with Gasteiger partial charge in [0.05, 0.1) is 5.60 Å². The number of rotatable bonds is 6. The lowest BCUT2D eigenvalue weighted by Gasteiger charge is -2.46. The molecule has 1 aliphatic rings. The van der Waals surface area contributed by atoms with Gasteiger partial charge in [-0.25, -0.2) is 4.79 Å². The van der Waals surface area contributed by atoms with E-state index in [4.69, 9.17) is 18.6 Å². The molecule has 9 nitrogen and oxygen atoms in total. The van der Waals surface area contributed by atoms with E-state index >= 15 is 0 Å². The van der Waals surface area contributed by atoms with Crippen LogP contribution in [0.5, 0.6) is 5.75 Å². The molecule has 2 heterocycles. The molecule has 0 unspecified atom stereocenters. The minimum absolute atomic E-state index is 0.000189. The van der Waals surface area contributed by atoms with Crippen molar-refractivity contribution in [3.05, 3.63) is 76.2 Å². The number of benzene rings is 2. The molecule has 0 bridgehead atoms. The van der Waals surface area contributed by atoms with Crippen LogP contribution in [0.15, 0.2) is 63.8 Å². The maximum atomic E-state index is 12.6. The number of carbonyl (C=O) groups is 1. The average Bonchev–Trinajstić information content (AvgIpc) is 2.84. The second kappa shape index (κ2) is 10.2. The van der Waals surface area contributed by atoms with Crippen molar-refractivity contribution in [3.8, 4) is 5.75 Å². The van der Waals surface area contributed by atoms with Crippen molar-refractivity contribution in [2.24, 2.45) is 0 Å². The van der Waals surface area contributed by atoms with Crippen molar-refractivity contribution in [2.45, 2.75) is 51.0 Å². The Balaban J connectivity index is 1.55. The molecule has 2 aromatic carbocycles. The number of hydrogen-bond donors (Lipinski definition) is 3. The molecule has 36 heavy (non-hydrogen) atoms. The molecule has 1 amide bonds. The summed E-state index contributed by atoms with van der Waals surface area (Å²) in [5.74, 6) is -0.169. The maximum absolute atomic E-state index is 12.6. The van der Waals surface area contributed by atoms with Gasteiger partial charge in [-0.05, 0) is 50.6 Å². The van der Waals surface area contributed by atoms with Crippen LogP contribution in [0.25, 0.3) is 17.0 Å².